The Morgan fingerprint density at radius 3 is 2.85 bits per heavy atom. The summed E-state index contributed by atoms with van der Waals surface area (Å²) < 4.78 is 7.82. The van der Waals surface area contributed by atoms with Crippen LogP contribution in [0.3, 0.4) is 0 Å². The largest absolute Gasteiger partial charge is 0.371 e. The second-order valence-electron chi connectivity index (χ2n) is 6.32. The van der Waals surface area contributed by atoms with Crippen LogP contribution in [-0.2, 0) is 16.1 Å². The number of carbonyl (C=O) groups excluding carboxylic acids is 1. The monoisotopic (exact) mass is 348 g/mol. The van der Waals surface area contributed by atoms with Crippen LogP contribution in [0.4, 0.5) is 5.69 Å². The lowest BCUT2D eigenvalue weighted by molar-refractivity contribution is -0.121. The molecule has 2 aromatic heterocycles. The van der Waals surface area contributed by atoms with E-state index in [9.17, 15) is 4.79 Å². The summed E-state index contributed by atoms with van der Waals surface area (Å²) in [7, 11) is 0. The average molecular weight is 348 g/mol. The Bertz CT molecular complexity index is 864. The van der Waals surface area contributed by atoms with E-state index in [1.807, 2.05) is 35.0 Å². The zero-order valence-corrected chi connectivity index (χ0v) is 14.3. The number of ether oxygens (including phenoxy) is 1. The molecule has 6 heteroatoms. The molecular formula is C20H20N4O2. The number of rotatable bonds is 5. The number of pyridine rings is 1. The first-order valence-corrected chi connectivity index (χ1v) is 8.69. The van der Waals surface area contributed by atoms with Crippen LogP contribution in [0, 0.1) is 5.92 Å². The minimum Gasteiger partial charge on any atom is -0.371 e. The quantitative estimate of drug-likeness (QED) is 0.769. The summed E-state index contributed by atoms with van der Waals surface area (Å²) in [5, 5.41) is 7.36. The number of amides is 1. The van der Waals surface area contributed by atoms with Gasteiger partial charge < -0.3 is 10.1 Å². The van der Waals surface area contributed by atoms with Crippen LogP contribution >= 0.6 is 0 Å². The van der Waals surface area contributed by atoms with Gasteiger partial charge in [0.15, 0.2) is 0 Å². The van der Waals surface area contributed by atoms with Crippen molar-refractivity contribution in [1.82, 2.24) is 14.8 Å². The van der Waals surface area contributed by atoms with Gasteiger partial charge in [0.05, 0.1) is 30.0 Å². The van der Waals surface area contributed by atoms with Crippen molar-refractivity contribution in [3.05, 3.63) is 78.4 Å². The highest BCUT2D eigenvalue weighted by molar-refractivity contribution is 5.93. The smallest absolute Gasteiger partial charge is 0.230 e. The number of nitrogens with zero attached hydrogens (tertiary/aromatic N) is 3. The van der Waals surface area contributed by atoms with Gasteiger partial charge in [-0.2, -0.15) is 5.10 Å². The fourth-order valence-corrected chi connectivity index (χ4v) is 3.29. The van der Waals surface area contributed by atoms with Gasteiger partial charge in [0.2, 0.25) is 5.91 Å². The zero-order valence-electron chi connectivity index (χ0n) is 14.3. The molecule has 4 rings (SSSR count). The Hall–Kier alpha value is -2.99. The molecule has 0 aliphatic carbocycles. The number of anilines is 1. The van der Waals surface area contributed by atoms with E-state index in [4.69, 9.17) is 4.74 Å². The first-order valence-electron chi connectivity index (χ1n) is 8.69. The highest BCUT2D eigenvalue weighted by Crippen LogP contribution is 2.35. The molecule has 0 bridgehead atoms. The minimum absolute atomic E-state index is 0.0482. The summed E-state index contributed by atoms with van der Waals surface area (Å²) in [4.78, 5) is 16.8. The van der Waals surface area contributed by atoms with Gasteiger partial charge >= 0.3 is 0 Å². The molecule has 0 spiro atoms. The maximum atomic E-state index is 12.7. The normalized spacial score (nSPS) is 19.4. The molecule has 1 aliphatic heterocycles. The Kier molecular flexibility index (Phi) is 4.75. The van der Waals surface area contributed by atoms with E-state index in [1.54, 1.807) is 24.7 Å². The van der Waals surface area contributed by atoms with Gasteiger partial charge in [-0.3, -0.25) is 14.5 Å². The Morgan fingerprint density at radius 1 is 1.15 bits per heavy atom. The Labute approximate surface area is 151 Å². The predicted octanol–water partition coefficient (Wildman–Crippen LogP) is 3.04. The SMILES string of the molecule is O=C(Nc1cccnc1)[C@H]1CCO[C@@H]1c1ccnn1Cc1ccccc1. The first kappa shape index (κ1) is 16.5. The first-order chi connectivity index (χ1) is 12.8. The van der Waals surface area contributed by atoms with Crippen molar-refractivity contribution in [3.63, 3.8) is 0 Å². The van der Waals surface area contributed by atoms with Crippen molar-refractivity contribution in [2.24, 2.45) is 5.92 Å². The van der Waals surface area contributed by atoms with Gasteiger partial charge in [-0.05, 0) is 30.2 Å². The maximum Gasteiger partial charge on any atom is 0.230 e. The van der Waals surface area contributed by atoms with Gasteiger partial charge in [-0.25, -0.2) is 0 Å². The summed E-state index contributed by atoms with van der Waals surface area (Å²) in [5.41, 5.74) is 2.78. The molecule has 1 saturated heterocycles. The van der Waals surface area contributed by atoms with Gasteiger partial charge in [-0.15, -0.1) is 0 Å². The molecule has 132 valence electrons. The number of benzene rings is 1. The second kappa shape index (κ2) is 7.49. The van der Waals surface area contributed by atoms with E-state index >= 15 is 0 Å². The fourth-order valence-electron chi connectivity index (χ4n) is 3.29. The summed E-state index contributed by atoms with van der Waals surface area (Å²) in [6, 6.07) is 15.7. The molecule has 0 saturated carbocycles. The van der Waals surface area contributed by atoms with Crippen molar-refractivity contribution >= 4 is 11.6 Å². The zero-order chi connectivity index (χ0) is 17.8. The number of nitrogens with one attached hydrogen (secondary N) is 1. The summed E-state index contributed by atoms with van der Waals surface area (Å²) in [6.07, 6.45) is 5.48. The van der Waals surface area contributed by atoms with E-state index in [2.05, 4.69) is 27.5 Å². The molecule has 1 aliphatic rings. The van der Waals surface area contributed by atoms with E-state index in [0.29, 0.717) is 25.3 Å². The molecule has 2 atom stereocenters. The van der Waals surface area contributed by atoms with Crippen molar-refractivity contribution in [1.29, 1.82) is 0 Å². The molecular weight excluding hydrogens is 328 g/mol. The van der Waals surface area contributed by atoms with Gasteiger partial charge in [-0.1, -0.05) is 30.3 Å². The lowest BCUT2D eigenvalue weighted by Crippen LogP contribution is -2.26. The highest BCUT2D eigenvalue weighted by atomic mass is 16.5. The third-order valence-electron chi connectivity index (χ3n) is 4.57. The summed E-state index contributed by atoms with van der Waals surface area (Å²) in [5.74, 6) is -0.297. The van der Waals surface area contributed by atoms with Crippen LogP contribution in [0.15, 0.2) is 67.1 Å². The Morgan fingerprint density at radius 2 is 2.04 bits per heavy atom. The number of aromatic nitrogens is 3. The molecule has 0 unspecified atom stereocenters. The molecule has 6 nitrogen and oxygen atoms in total. The molecule has 3 heterocycles. The summed E-state index contributed by atoms with van der Waals surface area (Å²) in [6.45, 7) is 1.21. The predicted molar refractivity (Wildman–Crippen MR) is 97.4 cm³/mol. The highest BCUT2D eigenvalue weighted by Gasteiger charge is 2.37. The number of hydrogen-bond acceptors (Lipinski definition) is 4. The van der Waals surface area contributed by atoms with Crippen LogP contribution in [0.5, 0.6) is 0 Å². The fraction of sp³-hybridized carbons (Fsp3) is 0.250. The third-order valence-corrected chi connectivity index (χ3v) is 4.57. The van der Waals surface area contributed by atoms with Crippen molar-refractivity contribution < 1.29 is 9.53 Å². The van der Waals surface area contributed by atoms with Gasteiger partial charge in [0.25, 0.3) is 0 Å². The molecule has 1 fully saturated rings. The van der Waals surface area contributed by atoms with Crippen LogP contribution in [0.1, 0.15) is 23.8 Å². The van der Waals surface area contributed by atoms with Gasteiger partial charge in [0, 0.05) is 19.0 Å². The number of carbonyl (C=O) groups is 1. The standard InChI is InChI=1S/C20H20N4O2/c25-20(23-16-7-4-10-21-13-16)17-9-12-26-19(17)18-8-11-22-24(18)14-15-5-2-1-3-6-15/h1-8,10-11,13,17,19H,9,12,14H2,(H,23,25)/t17-,19-/m0/s1. The lowest BCUT2D eigenvalue weighted by atomic mass is 9.97. The average Bonchev–Trinajstić information content (AvgIpc) is 3.32. The van der Waals surface area contributed by atoms with Crippen molar-refractivity contribution in [2.45, 2.75) is 19.1 Å². The molecule has 1 amide bonds. The topological polar surface area (TPSA) is 69.0 Å². The van der Waals surface area contributed by atoms with Crippen LogP contribution in [0.25, 0.3) is 0 Å². The molecule has 0 radical (unpaired) electrons. The second-order valence-corrected chi connectivity index (χ2v) is 6.32. The van der Waals surface area contributed by atoms with Crippen LogP contribution in [-0.4, -0.2) is 27.3 Å². The molecule has 1 N–H and O–H groups in total. The molecule has 3 aromatic rings. The van der Waals surface area contributed by atoms with E-state index < -0.39 is 0 Å². The van der Waals surface area contributed by atoms with E-state index in [1.165, 1.54) is 0 Å². The van der Waals surface area contributed by atoms with Crippen LogP contribution < -0.4 is 5.32 Å². The van der Waals surface area contributed by atoms with E-state index in [-0.39, 0.29) is 17.9 Å². The maximum absolute atomic E-state index is 12.7. The molecule has 1 aromatic carbocycles. The van der Waals surface area contributed by atoms with Crippen molar-refractivity contribution in [2.75, 3.05) is 11.9 Å². The Balaban J connectivity index is 1.52. The van der Waals surface area contributed by atoms with E-state index in [0.717, 1.165) is 11.3 Å². The molecule has 26 heavy (non-hydrogen) atoms. The minimum atomic E-state index is -0.294. The summed E-state index contributed by atoms with van der Waals surface area (Å²) >= 11 is 0. The third kappa shape index (κ3) is 3.50. The number of hydrogen-bond donors (Lipinski definition) is 1. The van der Waals surface area contributed by atoms with Gasteiger partial charge in [0.1, 0.15) is 6.10 Å². The van der Waals surface area contributed by atoms with Crippen LogP contribution in [0.2, 0.25) is 0 Å². The lowest BCUT2D eigenvalue weighted by Gasteiger charge is -2.19. The van der Waals surface area contributed by atoms with Crippen molar-refractivity contribution in [3.8, 4) is 0 Å².